The Morgan fingerprint density at radius 1 is 1.29 bits per heavy atom. The molecule has 0 aromatic carbocycles. The van der Waals surface area contributed by atoms with Gasteiger partial charge in [-0.2, -0.15) is 0 Å². The fourth-order valence-corrected chi connectivity index (χ4v) is 1.33. The molecule has 0 amide bonds. The molecule has 0 unspecified atom stereocenters. The fourth-order valence-electron chi connectivity index (χ4n) is 1.33. The molecular formula is C11H12N2O4. The number of hydrogen-bond acceptors (Lipinski definition) is 6. The molecule has 2 rings (SSSR count). The van der Waals surface area contributed by atoms with Gasteiger partial charge in [0.15, 0.2) is 0 Å². The Balaban J connectivity index is 1.82. The van der Waals surface area contributed by atoms with Crippen LogP contribution < -0.4 is 0 Å². The van der Waals surface area contributed by atoms with Crippen LogP contribution in [0.4, 0.5) is 0 Å². The normalized spacial score (nSPS) is 10.5. The Morgan fingerprint density at radius 3 is 2.71 bits per heavy atom. The van der Waals surface area contributed by atoms with Crippen LogP contribution in [0, 0.1) is 13.8 Å². The second-order valence-electron chi connectivity index (χ2n) is 3.70. The number of aromatic nitrogens is 2. The number of hydrogen-bond donors (Lipinski definition) is 0. The Bertz CT molecular complexity index is 515. The van der Waals surface area contributed by atoms with Crippen molar-refractivity contribution in [1.29, 1.82) is 0 Å². The van der Waals surface area contributed by atoms with Gasteiger partial charge in [0.2, 0.25) is 0 Å². The van der Waals surface area contributed by atoms with Crippen LogP contribution in [0.15, 0.2) is 21.2 Å². The predicted octanol–water partition coefficient (Wildman–Crippen LogP) is 1.57. The molecule has 2 aromatic heterocycles. The molecular weight excluding hydrogens is 224 g/mol. The number of nitrogens with zero attached hydrogens (tertiary/aromatic N) is 2. The highest BCUT2D eigenvalue weighted by molar-refractivity contribution is 5.71. The second-order valence-corrected chi connectivity index (χ2v) is 3.70. The van der Waals surface area contributed by atoms with E-state index in [0.29, 0.717) is 17.2 Å². The second kappa shape index (κ2) is 4.82. The van der Waals surface area contributed by atoms with Gasteiger partial charge in [-0.05, 0) is 13.8 Å². The number of carbonyl (C=O) groups excluding carboxylic acids is 1. The van der Waals surface area contributed by atoms with E-state index in [2.05, 4.69) is 10.3 Å². The van der Waals surface area contributed by atoms with E-state index in [1.807, 2.05) is 0 Å². The van der Waals surface area contributed by atoms with Crippen LogP contribution in [-0.2, 0) is 22.6 Å². The summed E-state index contributed by atoms with van der Waals surface area (Å²) in [6, 6.07) is 3.41. The van der Waals surface area contributed by atoms with E-state index >= 15 is 0 Å². The third-order valence-corrected chi connectivity index (χ3v) is 2.05. The number of rotatable bonds is 4. The number of carbonyl (C=O) groups is 1. The molecule has 0 saturated carbocycles. The molecule has 0 aliphatic carbocycles. The average Bonchev–Trinajstić information content (AvgIpc) is 2.85. The van der Waals surface area contributed by atoms with Gasteiger partial charge < -0.3 is 13.8 Å². The summed E-state index contributed by atoms with van der Waals surface area (Å²) >= 11 is 0. The van der Waals surface area contributed by atoms with Gasteiger partial charge in [0.05, 0.1) is 5.69 Å². The molecule has 6 heteroatoms. The van der Waals surface area contributed by atoms with E-state index in [1.165, 1.54) is 0 Å². The minimum atomic E-state index is -0.387. The van der Waals surface area contributed by atoms with Crippen molar-refractivity contribution in [2.45, 2.75) is 26.9 Å². The van der Waals surface area contributed by atoms with Crippen LogP contribution >= 0.6 is 0 Å². The van der Waals surface area contributed by atoms with E-state index in [-0.39, 0.29) is 19.0 Å². The first-order valence-corrected chi connectivity index (χ1v) is 5.13. The van der Waals surface area contributed by atoms with E-state index in [9.17, 15) is 4.79 Å². The van der Waals surface area contributed by atoms with Crippen molar-refractivity contribution in [3.63, 3.8) is 0 Å². The smallest absolute Gasteiger partial charge is 0.313 e. The highest BCUT2D eigenvalue weighted by Crippen LogP contribution is 2.06. The topological polar surface area (TPSA) is 78.4 Å². The molecule has 6 nitrogen and oxygen atoms in total. The van der Waals surface area contributed by atoms with E-state index in [1.54, 1.807) is 26.0 Å². The third-order valence-electron chi connectivity index (χ3n) is 2.05. The van der Waals surface area contributed by atoms with Gasteiger partial charge in [0, 0.05) is 12.1 Å². The van der Waals surface area contributed by atoms with Gasteiger partial charge in [-0.15, -0.1) is 0 Å². The lowest BCUT2D eigenvalue weighted by molar-refractivity contribution is -0.144. The maximum absolute atomic E-state index is 11.4. The van der Waals surface area contributed by atoms with Gasteiger partial charge in [-0.25, -0.2) is 0 Å². The summed E-state index contributed by atoms with van der Waals surface area (Å²) in [5.74, 6) is 0.785. The lowest BCUT2D eigenvalue weighted by Gasteiger charge is -1.99. The van der Waals surface area contributed by atoms with E-state index in [4.69, 9.17) is 13.8 Å². The van der Waals surface area contributed by atoms with Crippen molar-refractivity contribution in [3.8, 4) is 0 Å². The summed E-state index contributed by atoms with van der Waals surface area (Å²) in [6.07, 6.45) is 0.0671. The molecule has 0 bridgehead atoms. The van der Waals surface area contributed by atoms with Crippen LogP contribution in [0.5, 0.6) is 0 Å². The van der Waals surface area contributed by atoms with Gasteiger partial charge in [-0.3, -0.25) is 4.79 Å². The quantitative estimate of drug-likeness (QED) is 0.749. The monoisotopic (exact) mass is 236 g/mol. The lowest BCUT2D eigenvalue weighted by atomic mass is 10.3. The van der Waals surface area contributed by atoms with Gasteiger partial charge in [0.25, 0.3) is 0 Å². The molecule has 0 saturated heterocycles. The minimum Gasteiger partial charge on any atom is -0.459 e. The number of esters is 1. The first-order chi connectivity index (χ1) is 8.13. The van der Waals surface area contributed by atoms with Crippen molar-refractivity contribution in [3.05, 3.63) is 35.0 Å². The Hall–Kier alpha value is -2.11. The largest absolute Gasteiger partial charge is 0.459 e. The summed E-state index contributed by atoms with van der Waals surface area (Å²) in [7, 11) is 0. The van der Waals surface area contributed by atoms with Crippen molar-refractivity contribution < 1.29 is 18.6 Å². The SMILES string of the molecule is Cc1cc(CC(=O)OCc2cc(C)on2)on1. The zero-order valence-electron chi connectivity index (χ0n) is 9.60. The maximum Gasteiger partial charge on any atom is 0.313 e. The minimum absolute atomic E-state index is 0.0671. The molecule has 0 aliphatic heterocycles. The fraction of sp³-hybridized carbons (Fsp3) is 0.364. The molecule has 90 valence electrons. The number of aryl methyl sites for hydroxylation is 2. The molecule has 0 aliphatic rings. The van der Waals surface area contributed by atoms with Crippen LogP contribution in [0.1, 0.15) is 22.9 Å². The van der Waals surface area contributed by atoms with E-state index < -0.39 is 0 Å². The molecule has 2 aromatic rings. The lowest BCUT2D eigenvalue weighted by Crippen LogP contribution is -2.07. The van der Waals surface area contributed by atoms with E-state index in [0.717, 1.165) is 5.69 Å². The van der Waals surface area contributed by atoms with Crippen LogP contribution in [-0.4, -0.2) is 16.3 Å². The van der Waals surface area contributed by atoms with Gasteiger partial charge >= 0.3 is 5.97 Å². The molecule has 2 heterocycles. The summed E-state index contributed by atoms with van der Waals surface area (Å²) in [4.78, 5) is 11.4. The van der Waals surface area contributed by atoms with Crippen molar-refractivity contribution in [2.75, 3.05) is 0 Å². The molecule has 0 spiro atoms. The summed E-state index contributed by atoms with van der Waals surface area (Å²) in [5, 5.41) is 7.39. The summed E-state index contributed by atoms with van der Waals surface area (Å²) < 4.78 is 14.8. The van der Waals surface area contributed by atoms with Crippen LogP contribution in [0.2, 0.25) is 0 Å². The van der Waals surface area contributed by atoms with Crippen LogP contribution in [0.3, 0.4) is 0 Å². The van der Waals surface area contributed by atoms with Crippen molar-refractivity contribution >= 4 is 5.97 Å². The summed E-state index contributed by atoms with van der Waals surface area (Å²) in [5.41, 5.74) is 1.32. The molecule has 0 radical (unpaired) electrons. The Labute approximate surface area is 97.5 Å². The van der Waals surface area contributed by atoms with Crippen LogP contribution in [0.25, 0.3) is 0 Å². The first kappa shape index (κ1) is 11.4. The molecule has 0 N–H and O–H groups in total. The van der Waals surface area contributed by atoms with Gasteiger partial charge in [-0.1, -0.05) is 10.3 Å². The highest BCUT2D eigenvalue weighted by atomic mass is 16.5. The number of ether oxygens (including phenoxy) is 1. The zero-order chi connectivity index (χ0) is 12.3. The zero-order valence-corrected chi connectivity index (χ0v) is 9.60. The third kappa shape index (κ3) is 3.17. The Morgan fingerprint density at radius 2 is 2.12 bits per heavy atom. The molecule has 0 fully saturated rings. The summed E-state index contributed by atoms with van der Waals surface area (Å²) in [6.45, 7) is 3.66. The Kier molecular flexibility index (Phi) is 3.22. The molecule has 0 atom stereocenters. The first-order valence-electron chi connectivity index (χ1n) is 5.13. The van der Waals surface area contributed by atoms with Crippen molar-refractivity contribution in [2.24, 2.45) is 0 Å². The molecule has 17 heavy (non-hydrogen) atoms. The van der Waals surface area contributed by atoms with Gasteiger partial charge in [0.1, 0.15) is 30.2 Å². The average molecular weight is 236 g/mol. The maximum atomic E-state index is 11.4. The highest BCUT2D eigenvalue weighted by Gasteiger charge is 2.10. The predicted molar refractivity (Wildman–Crippen MR) is 56.0 cm³/mol. The standard InChI is InChI=1S/C11H12N2O4/c1-7-3-10(17-12-7)5-11(14)15-6-9-4-8(2)16-13-9/h3-4H,5-6H2,1-2H3. The van der Waals surface area contributed by atoms with Crippen molar-refractivity contribution in [1.82, 2.24) is 10.3 Å².